The van der Waals surface area contributed by atoms with E-state index in [1.807, 2.05) is 11.3 Å². The van der Waals surface area contributed by atoms with Crippen molar-refractivity contribution >= 4 is 66.6 Å². The minimum Gasteiger partial charge on any atom is -0.309 e. The Morgan fingerprint density at radius 2 is 1.33 bits per heavy atom. The van der Waals surface area contributed by atoms with E-state index in [1.54, 1.807) is 0 Å². The van der Waals surface area contributed by atoms with Crippen LogP contribution in [0.5, 0.6) is 0 Å². The average molecular weight is 361 g/mol. The van der Waals surface area contributed by atoms with Crippen LogP contribution in [0.2, 0.25) is 0 Å². The number of nitrogens with zero attached hydrogens (tertiary/aromatic N) is 1. The third-order valence-corrected chi connectivity index (χ3v) is 6.89. The van der Waals surface area contributed by atoms with Crippen LogP contribution >= 0.6 is 11.3 Å². The van der Waals surface area contributed by atoms with Crippen LogP contribution < -0.4 is 5.46 Å². The number of para-hydroxylation sites is 2. The molecule has 0 aliphatic carbocycles. The minimum absolute atomic E-state index is 1.21. The summed E-state index contributed by atoms with van der Waals surface area (Å²) in [6.45, 7) is 0. The van der Waals surface area contributed by atoms with Gasteiger partial charge in [-0.25, -0.2) is 0 Å². The van der Waals surface area contributed by atoms with Crippen LogP contribution in [0.1, 0.15) is 0 Å². The second-order valence-electron chi connectivity index (χ2n) is 7.08. The van der Waals surface area contributed by atoms with Gasteiger partial charge in [0.05, 0.1) is 11.0 Å². The Bertz CT molecular complexity index is 1470. The highest BCUT2D eigenvalue weighted by Gasteiger charge is 2.17. The number of benzene rings is 4. The first-order valence-electron chi connectivity index (χ1n) is 9.22. The molecule has 6 aromatic rings. The van der Waals surface area contributed by atoms with E-state index < -0.39 is 0 Å². The summed E-state index contributed by atoms with van der Waals surface area (Å²) in [5.41, 5.74) is 5.11. The SMILES string of the molecule is Bc1cccc2c1sc1c2ccc2c1c1ccccc1n2-c1ccccc1. The molecule has 0 bridgehead atoms. The zero-order valence-electron chi connectivity index (χ0n) is 14.9. The Morgan fingerprint density at radius 1 is 0.593 bits per heavy atom. The maximum atomic E-state index is 2.39. The molecule has 4 aromatic carbocycles. The van der Waals surface area contributed by atoms with Gasteiger partial charge in [0.2, 0.25) is 0 Å². The van der Waals surface area contributed by atoms with Gasteiger partial charge < -0.3 is 4.57 Å². The number of hydrogen-bond acceptors (Lipinski definition) is 1. The number of aromatic nitrogens is 1. The van der Waals surface area contributed by atoms with E-state index in [9.17, 15) is 0 Å². The topological polar surface area (TPSA) is 4.93 Å². The van der Waals surface area contributed by atoms with E-state index in [1.165, 1.54) is 53.1 Å². The Hall–Kier alpha value is -3.04. The average Bonchev–Trinajstić information content (AvgIpc) is 3.25. The molecule has 3 heteroatoms. The maximum Gasteiger partial charge on any atom is 0.141 e. The molecular formula is C24H16BNS. The quantitative estimate of drug-likeness (QED) is 0.345. The summed E-state index contributed by atoms with van der Waals surface area (Å²) in [6, 6.07) is 30.7. The van der Waals surface area contributed by atoms with Gasteiger partial charge >= 0.3 is 0 Å². The van der Waals surface area contributed by atoms with Crippen molar-refractivity contribution in [2.24, 2.45) is 0 Å². The molecule has 0 fully saturated rings. The molecule has 0 aliphatic rings. The van der Waals surface area contributed by atoms with Crippen LogP contribution in [0.3, 0.4) is 0 Å². The summed E-state index contributed by atoms with van der Waals surface area (Å²) in [7, 11) is 2.21. The van der Waals surface area contributed by atoms with E-state index >= 15 is 0 Å². The lowest BCUT2D eigenvalue weighted by Gasteiger charge is -2.07. The highest BCUT2D eigenvalue weighted by Crippen LogP contribution is 2.42. The van der Waals surface area contributed by atoms with Crippen molar-refractivity contribution in [3.05, 3.63) is 84.9 Å². The molecule has 0 unspecified atom stereocenters. The summed E-state index contributed by atoms with van der Waals surface area (Å²) >= 11 is 1.93. The minimum atomic E-state index is 1.21. The molecule has 2 aromatic heterocycles. The number of thiophene rings is 1. The van der Waals surface area contributed by atoms with E-state index in [2.05, 4.69) is 97.3 Å². The van der Waals surface area contributed by atoms with Crippen molar-refractivity contribution in [2.45, 2.75) is 0 Å². The lowest BCUT2D eigenvalue weighted by Crippen LogP contribution is -1.99. The standard InChI is InChI=1S/C24H16BNS/c25-19-11-6-10-16-17-13-14-21-22(24(17)27-23(16)19)18-9-4-5-12-20(18)26(21)15-7-2-1-3-8-15/h1-14H,25H2. The van der Waals surface area contributed by atoms with Crippen LogP contribution in [0.4, 0.5) is 0 Å². The number of hydrogen-bond donors (Lipinski definition) is 0. The van der Waals surface area contributed by atoms with Gasteiger partial charge in [-0.1, -0.05) is 66.1 Å². The summed E-state index contributed by atoms with van der Waals surface area (Å²) in [6.07, 6.45) is 0. The molecule has 126 valence electrons. The van der Waals surface area contributed by atoms with Gasteiger partial charge in [0.1, 0.15) is 7.85 Å². The fourth-order valence-electron chi connectivity index (χ4n) is 4.30. The Labute approximate surface area is 161 Å². The highest BCUT2D eigenvalue weighted by atomic mass is 32.1. The number of fused-ring (bicyclic) bond motifs is 7. The zero-order valence-corrected chi connectivity index (χ0v) is 15.8. The summed E-state index contributed by atoms with van der Waals surface area (Å²) in [5.74, 6) is 0. The molecule has 27 heavy (non-hydrogen) atoms. The lowest BCUT2D eigenvalue weighted by molar-refractivity contribution is 1.18. The van der Waals surface area contributed by atoms with Crippen LogP contribution in [0, 0.1) is 0 Å². The Morgan fingerprint density at radius 3 is 2.22 bits per heavy atom. The molecular weight excluding hydrogens is 345 g/mol. The first kappa shape index (κ1) is 15.1. The van der Waals surface area contributed by atoms with Gasteiger partial charge in [0, 0.05) is 31.2 Å². The summed E-state index contributed by atoms with van der Waals surface area (Å²) < 4.78 is 5.18. The fourth-order valence-corrected chi connectivity index (χ4v) is 5.63. The molecule has 0 atom stereocenters. The van der Waals surface area contributed by atoms with Crippen molar-refractivity contribution in [3.8, 4) is 5.69 Å². The van der Waals surface area contributed by atoms with Crippen molar-refractivity contribution < 1.29 is 0 Å². The van der Waals surface area contributed by atoms with Gasteiger partial charge in [0.25, 0.3) is 0 Å². The first-order valence-corrected chi connectivity index (χ1v) is 10.0. The van der Waals surface area contributed by atoms with E-state index in [4.69, 9.17) is 0 Å². The predicted octanol–water partition coefficient (Wildman–Crippen LogP) is 5.41. The molecule has 0 spiro atoms. The second-order valence-corrected chi connectivity index (χ2v) is 8.10. The molecule has 0 saturated heterocycles. The Balaban J connectivity index is 1.89. The van der Waals surface area contributed by atoms with Gasteiger partial charge in [-0.15, -0.1) is 11.3 Å². The van der Waals surface area contributed by atoms with E-state index in [-0.39, 0.29) is 0 Å². The van der Waals surface area contributed by atoms with Crippen molar-refractivity contribution in [3.63, 3.8) is 0 Å². The fraction of sp³-hybridized carbons (Fsp3) is 0. The molecule has 1 nitrogen and oxygen atoms in total. The third kappa shape index (κ3) is 2.00. The van der Waals surface area contributed by atoms with Gasteiger partial charge in [-0.2, -0.15) is 0 Å². The zero-order chi connectivity index (χ0) is 18.0. The molecule has 2 heterocycles. The monoisotopic (exact) mass is 361 g/mol. The smallest absolute Gasteiger partial charge is 0.141 e. The third-order valence-electron chi connectivity index (χ3n) is 5.51. The van der Waals surface area contributed by atoms with Gasteiger partial charge in [-0.05, 0) is 29.7 Å². The van der Waals surface area contributed by atoms with E-state index in [0.717, 1.165) is 0 Å². The van der Waals surface area contributed by atoms with Crippen molar-refractivity contribution in [1.82, 2.24) is 4.57 Å². The second kappa shape index (κ2) is 5.48. The maximum absolute atomic E-state index is 2.39. The van der Waals surface area contributed by atoms with Crippen molar-refractivity contribution in [1.29, 1.82) is 0 Å². The van der Waals surface area contributed by atoms with Crippen LogP contribution in [-0.2, 0) is 0 Å². The van der Waals surface area contributed by atoms with Gasteiger partial charge in [-0.3, -0.25) is 0 Å². The Kier molecular flexibility index (Phi) is 3.06. The predicted molar refractivity (Wildman–Crippen MR) is 122 cm³/mol. The van der Waals surface area contributed by atoms with Crippen LogP contribution in [-0.4, -0.2) is 12.4 Å². The molecule has 0 aliphatic heterocycles. The van der Waals surface area contributed by atoms with E-state index in [0.29, 0.717) is 0 Å². The molecule has 6 rings (SSSR count). The first-order chi connectivity index (χ1) is 13.3. The largest absolute Gasteiger partial charge is 0.309 e. The summed E-state index contributed by atoms with van der Waals surface area (Å²) in [5, 5.41) is 5.43. The molecule has 0 N–H and O–H groups in total. The van der Waals surface area contributed by atoms with Crippen LogP contribution in [0.25, 0.3) is 47.7 Å². The molecule has 0 amide bonds. The summed E-state index contributed by atoms with van der Waals surface area (Å²) in [4.78, 5) is 0. The number of rotatable bonds is 1. The lowest BCUT2D eigenvalue weighted by atomic mass is 9.94. The van der Waals surface area contributed by atoms with Crippen LogP contribution in [0.15, 0.2) is 84.9 Å². The molecule has 0 radical (unpaired) electrons. The van der Waals surface area contributed by atoms with Gasteiger partial charge in [0.15, 0.2) is 0 Å². The molecule has 0 saturated carbocycles. The highest BCUT2D eigenvalue weighted by molar-refractivity contribution is 7.27. The normalized spacial score (nSPS) is 11.9. The van der Waals surface area contributed by atoms with Crippen molar-refractivity contribution in [2.75, 3.05) is 0 Å².